The molecule has 2 aromatic rings. The molecule has 1 N–H and O–H groups in total. The second-order valence-corrected chi connectivity index (χ2v) is 5.27. The maximum absolute atomic E-state index is 12.0. The zero-order valence-corrected chi connectivity index (χ0v) is 13.2. The maximum Gasteiger partial charge on any atom is 0.243 e. The molecule has 0 fully saturated rings. The van der Waals surface area contributed by atoms with Crippen molar-refractivity contribution in [3.63, 3.8) is 0 Å². The summed E-state index contributed by atoms with van der Waals surface area (Å²) >= 11 is 0. The molecule has 4 heteroatoms. The predicted octanol–water partition coefficient (Wildman–Crippen LogP) is 3.46. The van der Waals surface area contributed by atoms with Crippen molar-refractivity contribution >= 4 is 11.7 Å². The fraction of sp³-hybridized carbons (Fsp3) is 0.263. The lowest BCUT2D eigenvalue weighted by molar-refractivity contribution is -0.134. The summed E-state index contributed by atoms with van der Waals surface area (Å²) in [6, 6.07) is 17.1. The molecule has 0 aliphatic heterocycles. The molecule has 0 heterocycles. The predicted molar refractivity (Wildman–Crippen MR) is 88.8 cm³/mol. The number of nitrogens with one attached hydrogen (secondary N) is 1. The van der Waals surface area contributed by atoms with Gasteiger partial charge in [-0.15, -0.1) is 0 Å². The van der Waals surface area contributed by atoms with E-state index >= 15 is 0 Å². The first kappa shape index (κ1) is 16.9. The third-order valence-electron chi connectivity index (χ3n) is 3.53. The number of Topliss-reactive ketones (excluding diaryl/α,β-unsaturated/α-hetero) is 1. The molecule has 23 heavy (non-hydrogen) atoms. The van der Waals surface area contributed by atoms with Gasteiger partial charge in [0, 0.05) is 18.4 Å². The fourth-order valence-corrected chi connectivity index (χ4v) is 2.12. The second-order valence-electron chi connectivity index (χ2n) is 5.27. The van der Waals surface area contributed by atoms with Crippen molar-refractivity contribution < 1.29 is 14.4 Å². The van der Waals surface area contributed by atoms with Crippen molar-refractivity contribution in [1.29, 1.82) is 0 Å². The highest BCUT2D eigenvalue weighted by Gasteiger charge is 2.09. The zero-order chi connectivity index (χ0) is 16.5. The van der Waals surface area contributed by atoms with E-state index in [1.165, 1.54) is 5.56 Å². The molecule has 4 nitrogen and oxygen atoms in total. The zero-order valence-electron chi connectivity index (χ0n) is 13.2. The Bertz CT molecular complexity index is 635. The van der Waals surface area contributed by atoms with Crippen molar-refractivity contribution in [3.05, 3.63) is 71.3 Å². The molecule has 0 radical (unpaired) electrons. The molecular weight excluding hydrogens is 290 g/mol. The van der Waals surface area contributed by atoms with Gasteiger partial charge in [-0.25, -0.2) is 5.48 Å². The number of hydrogen-bond donors (Lipinski definition) is 1. The lowest BCUT2D eigenvalue weighted by Gasteiger charge is -2.06. The molecule has 2 aromatic carbocycles. The Morgan fingerprint density at radius 2 is 1.61 bits per heavy atom. The van der Waals surface area contributed by atoms with Crippen LogP contribution < -0.4 is 5.48 Å². The van der Waals surface area contributed by atoms with Crippen molar-refractivity contribution in [2.75, 3.05) is 0 Å². The summed E-state index contributed by atoms with van der Waals surface area (Å²) in [6.45, 7) is 2.37. The minimum absolute atomic E-state index is 0.0362. The molecule has 0 aromatic heterocycles. The molecule has 0 bridgehead atoms. The molecule has 0 aliphatic rings. The molecule has 0 unspecified atom stereocenters. The molecular formula is C19H21NO3. The molecule has 0 saturated heterocycles. The number of hydroxylamine groups is 1. The first-order valence-corrected chi connectivity index (χ1v) is 7.75. The number of hydrogen-bond acceptors (Lipinski definition) is 3. The van der Waals surface area contributed by atoms with E-state index in [-0.39, 0.29) is 24.5 Å². The third-order valence-corrected chi connectivity index (χ3v) is 3.53. The van der Waals surface area contributed by atoms with Crippen LogP contribution >= 0.6 is 0 Å². The van der Waals surface area contributed by atoms with Gasteiger partial charge in [0.05, 0.1) is 6.61 Å². The molecule has 2 rings (SSSR count). The van der Waals surface area contributed by atoms with Gasteiger partial charge in [-0.1, -0.05) is 61.5 Å². The Labute approximate surface area is 136 Å². The van der Waals surface area contributed by atoms with Gasteiger partial charge in [-0.2, -0.15) is 0 Å². The normalized spacial score (nSPS) is 10.3. The van der Waals surface area contributed by atoms with Crippen molar-refractivity contribution in [1.82, 2.24) is 5.48 Å². The number of carbonyl (C=O) groups is 2. The van der Waals surface area contributed by atoms with E-state index in [9.17, 15) is 9.59 Å². The number of carbonyl (C=O) groups excluding carboxylic acids is 2. The van der Waals surface area contributed by atoms with Gasteiger partial charge in [0.15, 0.2) is 5.78 Å². The number of benzene rings is 2. The summed E-state index contributed by atoms with van der Waals surface area (Å²) in [7, 11) is 0. The van der Waals surface area contributed by atoms with Gasteiger partial charge < -0.3 is 0 Å². The van der Waals surface area contributed by atoms with Crippen molar-refractivity contribution in [2.24, 2.45) is 0 Å². The van der Waals surface area contributed by atoms with E-state index in [0.29, 0.717) is 12.2 Å². The van der Waals surface area contributed by atoms with Crippen LogP contribution in [0.25, 0.3) is 0 Å². The van der Waals surface area contributed by atoms with Crippen LogP contribution in [0.4, 0.5) is 0 Å². The van der Waals surface area contributed by atoms with Gasteiger partial charge in [0.25, 0.3) is 0 Å². The summed E-state index contributed by atoms with van der Waals surface area (Å²) in [5, 5.41) is 0. The van der Waals surface area contributed by atoms with Crippen LogP contribution in [-0.2, 0) is 22.7 Å². The second kappa shape index (κ2) is 8.86. The average Bonchev–Trinajstić information content (AvgIpc) is 2.60. The van der Waals surface area contributed by atoms with Gasteiger partial charge >= 0.3 is 0 Å². The Balaban J connectivity index is 1.70. The first-order chi connectivity index (χ1) is 11.2. The number of rotatable bonds is 8. The molecule has 0 aliphatic carbocycles. The van der Waals surface area contributed by atoms with Crippen LogP contribution in [0.1, 0.15) is 41.3 Å². The van der Waals surface area contributed by atoms with Crippen LogP contribution in [0.2, 0.25) is 0 Å². The molecule has 0 atom stereocenters. The Hall–Kier alpha value is -2.46. The number of ketones is 1. The van der Waals surface area contributed by atoms with Crippen LogP contribution in [0, 0.1) is 0 Å². The minimum Gasteiger partial charge on any atom is -0.294 e. The van der Waals surface area contributed by atoms with Crippen molar-refractivity contribution in [2.45, 2.75) is 32.8 Å². The van der Waals surface area contributed by atoms with Crippen LogP contribution in [0.15, 0.2) is 54.6 Å². The smallest absolute Gasteiger partial charge is 0.243 e. The molecule has 120 valence electrons. The molecule has 1 amide bonds. The van der Waals surface area contributed by atoms with E-state index in [4.69, 9.17) is 4.84 Å². The Morgan fingerprint density at radius 1 is 0.913 bits per heavy atom. The highest BCUT2D eigenvalue weighted by Crippen LogP contribution is 2.09. The quantitative estimate of drug-likeness (QED) is 0.600. The van der Waals surface area contributed by atoms with Gasteiger partial charge in [-0.05, 0) is 17.5 Å². The fourth-order valence-electron chi connectivity index (χ4n) is 2.12. The Morgan fingerprint density at radius 3 is 2.26 bits per heavy atom. The first-order valence-electron chi connectivity index (χ1n) is 7.75. The topological polar surface area (TPSA) is 55.4 Å². The molecule has 0 spiro atoms. The number of amides is 1. The average molecular weight is 311 g/mol. The van der Waals surface area contributed by atoms with E-state index in [0.717, 1.165) is 12.0 Å². The van der Waals surface area contributed by atoms with Crippen LogP contribution in [0.3, 0.4) is 0 Å². The third kappa shape index (κ3) is 5.68. The van der Waals surface area contributed by atoms with E-state index in [2.05, 4.69) is 12.4 Å². The standard InChI is InChI=1S/C19H21NO3/c1-2-15-8-10-17(11-9-15)18(21)12-13-19(22)20-23-14-16-6-4-3-5-7-16/h3-11H,2,12-14H2,1H3,(H,20,22). The van der Waals surface area contributed by atoms with Gasteiger partial charge in [0.1, 0.15) is 0 Å². The van der Waals surface area contributed by atoms with E-state index in [1.54, 1.807) is 0 Å². The summed E-state index contributed by atoms with van der Waals surface area (Å²) in [5.41, 5.74) is 5.16. The highest BCUT2D eigenvalue weighted by molar-refractivity contribution is 5.97. The van der Waals surface area contributed by atoms with Crippen LogP contribution in [0.5, 0.6) is 0 Å². The largest absolute Gasteiger partial charge is 0.294 e. The number of aryl methyl sites for hydroxylation is 1. The van der Waals surface area contributed by atoms with E-state index < -0.39 is 0 Å². The van der Waals surface area contributed by atoms with Crippen LogP contribution in [-0.4, -0.2) is 11.7 Å². The summed E-state index contributed by atoms with van der Waals surface area (Å²) < 4.78 is 0. The SMILES string of the molecule is CCc1ccc(C(=O)CCC(=O)NOCc2ccccc2)cc1. The highest BCUT2D eigenvalue weighted by atomic mass is 16.6. The minimum atomic E-state index is -0.292. The monoisotopic (exact) mass is 311 g/mol. The lowest BCUT2D eigenvalue weighted by atomic mass is 10.0. The summed E-state index contributed by atoms with van der Waals surface area (Å²) in [5.74, 6) is -0.328. The maximum atomic E-state index is 12.0. The lowest BCUT2D eigenvalue weighted by Crippen LogP contribution is -2.24. The van der Waals surface area contributed by atoms with Gasteiger partial charge in [0.2, 0.25) is 5.91 Å². The Kier molecular flexibility index (Phi) is 6.51. The molecule has 0 saturated carbocycles. The summed E-state index contributed by atoms with van der Waals surface area (Å²) in [4.78, 5) is 28.8. The summed E-state index contributed by atoms with van der Waals surface area (Å²) in [6.07, 6.45) is 1.23. The van der Waals surface area contributed by atoms with E-state index in [1.807, 2.05) is 54.6 Å². The van der Waals surface area contributed by atoms with Crippen molar-refractivity contribution in [3.8, 4) is 0 Å². The van der Waals surface area contributed by atoms with Gasteiger partial charge in [-0.3, -0.25) is 14.4 Å².